The number of carbonyl (C=O) groups excluding carboxylic acids is 2. The average Bonchev–Trinajstić information content (AvgIpc) is 3.17. The summed E-state index contributed by atoms with van der Waals surface area (Å²) in [5.41, 5.74) is 1.94. The van der Waals surface area contributed by atoms with Crippen LogP contribution < -0.4 is 14.2 Å². The molecular formula is C28H34N2O7. The monoisotopic (exact) mass is 510 g/mol. The van der Waals surface area contributed by atoms with E-state index in [0.29, 0.717) is 54.6 Å². The zero-order chi connectivity index (χ0) is 26.5. The van der Waals surface area contributed by atoms with Crippen LogP contribution in [0.15, 0.2) is 42.0 Å². The number of morpholine rings is 1. The first-order valence-corrected chi connectivity index (χ1v) is 12.3. The highest BCUT2D eigenvalue weighted by molar-refractivity contribution is 6.46. The lowest BCUT2D eigenvalue weighted by molar-refractivity contribution is -0.140. The van der Waals surface area contributed by atoms with Crippen LogP contribution in [0.3, 0.4) is 0 Å². The average molecular weight is 511 g/mol. The van der Waals surface area contributed by atoms with Crippen LogP contribution in [0.4, 0.5) is 0 Å². The first-order chi connectivity index (χ1) is 17.9. The van der Waals surface area contributed by atoms with Crippen LogP contribution in [0.2, 0.25) is 0 Å². The van der Waals surface area contributed by atoms with Gasteiger partial charge in [-0.15, -0.1) is 0 Å². The second-order valence-corrected chi connectivity index (χ2v) is 9.10. The molecule has 9 heteroatoms. The molecule has 2 aromatic rings. The maximum Gasteiger partial charge on any atom is 0.295 e. The molecule has 2 aliphatic rings. The standard InChI is InChI=1S/C28H34N2O7/c1-18-16-20(7-8-21(18)34-2)26(31)24-25(19-6-9-22(35-3)23(17-19)36-4)30(28(33)27(24)32)11-5-10-29-12-14-37-15-13-29/h6-9,16-17,25,31H,5,10-15H2,1-4H3/b26-24+. The van der Waals surface area contributed by atoms with Crippen molar-refractivity contribution in [1.29, 1.82) is 0 Å². The van der Waals surface area contributed by atoms with E-state index in [2.05, 4.69) is 4.90 Å². The summed E-state index contributed by atoms with van der Waals surface area (Å²) >= 11 is 0. The van der Waals surface area contributed by atoms with E-state index in [9.17, 15) is 14.7 Å². The minimum atomic E-state index is -0.771. The van der Waals surface area contributed by atoms with E-state index < -0.39 is 17.7 Å². The molecule has 1 N–H and O–H groups in total. The number of likely N-dealkylation sites (tertiary alicyclic amines) is 1. The van der Waals surface area contributed by atoms with Crippen molar-refractivity contribution in [2.24, 2.45) is 0 Å². The number of hydrogen-bond donors (Lipinski definition) is 1. The fourth-order valence-electron chi connectivity index (χ4n) is 4.95. The summed E-state index contributed by atoms with van der Waals surface area (Å²) in [6, 6.07) is 9.65. The Morgan fingerprint density at radius 1 is 0.946 bits per heavy atom. The lowest BCUT2D eigenvalue weighted by atomic mass is 9.94. The van der Waals surface area contributed by atoms with Crippen LogP contribution in [0, 0.1) is 6.92 Å². The molecule has 0 aromatic heterocycles. The topological polar surface area (TPSA) is 97.8 Å². The molecule has 0 saturated carbocycles. The van der Waals surface area contributed by atoms with Gasteiger partial charge in [-0.25, -0.2) is 0 Å². The number of nitrogens with zero attached hydrogens (tertiary/aromatic N) is 2. The van der Waals surface area contributed by atoms with Crippen LogP contribution in [0.1, 0.15) is 29.2 Å². The van der Waals surface area contributed by atoms with Crippen molar-refractivity contribution in [1.82, 2.24) is 9.80 Å². The largest absolute Gasteiger partial charge is 0.507 e. The van der Waals surface area contributed by atoms with Gasteiger partial charge in [0, 0.05) is 31.7 Å². The Balaban J connectivity index is 1.74. The third-order valence-corrected chi connectivity index (χ3v) is 6.91. The zero-order valence-corrected chi connectivity index (χ0v) is 21.8. The van der Waals surface area contributed by atoms with E-state index >= 15 is 0 Å². The first kappa shape index (κ1) is 26.5. The summed E-state index contributed by atoms with van der Waals surface area (Å²) in [6.07, 6.45) is 0.679. The van der Waals surface area contributed by atoms with Crippen molar-refractivity contribution in [3.8, 4) is 17.2 Å². The molecule has 37 heavy (non-hydrogen) atoms. The molecule has 2 saturated heterocycles. The minimum Gasteiger partial charge on any atom is -0.507 e. The highest BCUT2D eigenvalue weighted by atomic mass is 16.5. The normalized spacial score (nSPS) is 19.8. The quantitative estimate of drug-likeness (QED) is 0.312. The Hall–Kier alpha value is -3.56. The van der Waals surface area contributed by atoms with Gasteiger partial charge in [0.2, 0.25) is 0 Å². The second kappa shape index (κ2) is 11.7. The summed E-state index contributed by atoms with van der Waals surface area (Å²) in [5.74, 6) is 0.0993. The smallest absolute Gasteiger partial charge is 0.295 e. The Kier molecular flexibility index (Phi) is 8.35. The lowest BCUT2D eigenvalue weighted by Crippen LogP contribution is -2.38. The molecule has 2 aromatic carbocycles. The molecule has 2 fully saturated rings. The Labute approximate surface area is 217 Å². The molecule has 198 valence electrons. The molecule has 0 radical (unpaired) electrons. The van der Waals surface area contributed by atoms with Gasteiger partial charge in [0.25, 0.3) is 11.7 Å². The summed E-state index contributed by atoms with van der Waals surface area (Å²) in [4.78, 5) is 30.5. The fraction of sp³-hybridized carbons (Fsp3) is 0.429. The third-order valence-electron chi connectivity index (χ3n) is 6.91. The number of aryl methyl sites for hydroxylation is 1. The van der Waals surface area contributed by atoms with Gasteiger partial charge in [-0.1, -0.05) is 6.07 Å². The van der Waals surface area contributed by atoms with E-state index in [1.807, 2.05) is 6.92 Å². The first-order valence-electron chi connectivity index (χ1n) is 12.3. The minimum absolute atomic E-state index is 0.0492. The van der Waals surface area contributed by atoms with E-state index in [1.165, 1.54) is 7.11 Å². The number of ketones is 1. The maximum atomic E-state index is 13.3. The third kappa shape index (κ3) is 5.42. The van der Waals surface area contributed by atoms with Crippen molar-refractivity contribution < 1.29 is 33.6 Å². The number of ether oxygens (including phenoxy) is 4. The van der Waals surface area contributed by atoms with Crippen LogP contribution in [-0.4, -0.2) is 87.3 Å². The van der Waals surface area contributed by atoms with Gasteiger partial charge in [0.05, 0.1) is 46.2 Å². The molecule has 2 aliphatic heterocycles. The van der Waals surface area contributed by atoms with Crippen molar-refractivity contribution in [2.75, 3.05) is 60.7 Å². The fourth-order valence-corrected chi connectivity index (χ4v) is 4.95. The van der Waals surface area contributed by atoms with E-state index in [-0.39, 0.29) is 11.3 Å². The summed E-state index contributed by atoms with van der Waals surface area (Å²) in [6.45, 7) is 6.06. The van der Waals surface area contributed by atoms with Crippen LogP contribution in [-0.2, 0) is 14.3 Å². The van der Waals surface area contributed by atoms with Crippen molar-refractivity contribution in [2.45, 2.75) is 19.4 Å². The highest BCUT2D eigenvalue weighted by Crippen LogP contribution is 2.42. The van der Waals surface area contributed by atoms with Gasteiger partial charge < -0.3 is 29.0 Å². The predicted octanol–water partition coefficient (Wildman–Crippen LogP) is 3.16. The number of carbonyl (C=O) groups is 2. The molecule has 0 bridgehead atoms. The van der Waals surface area contributed by atoms with Crippen LogP contribution in [0.5, 0.6) is 17.2 Å². The van der Waals surface area contributed by atoms with Gasteiger partial charge in [0.15, 0.2) is 11.5 Å². The Morgan fingerprint density at radius 3 is 2.27 bits per heavy atom. The highest BCUT2D eigenvalue weighted by Gasteiger charge is 2.46. The van der Waals surface area contributed by atoms with E-state index in [0.717, 1.165) is 25.2 Å². The number of aliphatic hydroxyl groups is 1. The molecule has 1 amide bonds. The zero-order valence-electron chi connectivity index (χ0n) is 21.8. The molecule has 0 aliphatic carbocycles. The molecule has 2 heterocycles. The van der Waals surface area contributed by atoms with Gasteiger partial charge >= 0.3 is 0 Å². The number of methoxy groups -OCH3 is 3. The predicted molar refractivity (Wildman–Crippen MR) is 138 cm³/mol. The Bertz CT molecular complexity index is 1190. The summed E-state index contributed by atoms with van der Waals surface area (Å²) in [5, 5.41) is 11.4. The van der Waals surface area contributed by atoms with Crippen LogP contribution >= 0.6 is 0 Å². The molecule has 1 atom stereocenters. The van der Waals surface area contributed by atoms with Crippen molar-refractivity contribution in [3.05, 3.63) is 58.7 Å². The van der Waals surface area contributed by atoms with Gasteiger partial charge in [-0.3, -0.25) is 14.5 Å². The van der Waals surface area contributed by atoms with E-state index in [1.54, 1.807) is 55.5 Å². The van der Waals surface area contributed by atoms with E-state index in [4.69, 9.17) is 18.9 Å². The molecule has 0 spiro atoms. The number of aliphatic hydroxyl groups excluding tert-OH is 1. The molecule has 1 unspecified atom stereocenters. The number of Topliss-reactive ketones (excluding diaryl/α,β-unsaturated/α-hetero) is 1. The van der Waals surface area contributed by atoms with Gasteiger partial charge in [-0.2, -0.15) is 0 Å². The van der Waals surface area contributed by atoms with Gasteiger partial charge in [0.1, 0.15) is 11.5 Å². The molecular weight excluding hydrogens is 476 g/mol. The van der Waals surface area contributed by atoms with Crippen LogP contribution in [0.25, 0.3) is 5.76 Å². The molecule has 9 nitrogen and oxygen atoms in total. The van der Waals surface area contributed by atoms with Crippen molar-refractivity contribution >= 4 is 17.4 Å². The SMILES string of the molecule is COc1ccc(/C(O)=C2\C(=O)C(=O)N(CCCN3CCOCC3)C2c2ccc(OC)c(OC)c2)cc1C. The number of benzene rings is 2. The Morgan fingerprint density at radius 2 is 1.62 bits per heavy atom. The number of rotatable bonds is 9. The number of hydrogen-bond acceptors (Lipinski definition) is 8. The number of amides is 1. The lowest BCUT2D eigenvalue weighted by Gasteiger charge is -2.29. The second-order valence-electron chi connectivity index (χ2n) is 9.10. The maximum absolute atomic E-state index is 13.3. The van der Waals surface area contributed by atoms with Crippen molar-refractivity contribution in [3.63, 3.8) is 0 Å². The van der Waals surface area contributed by atoms with Gasteiger partial charge in [-0.05, 0) is 54.8 Å². The summed E-state index contributed by atoms with van der Waals surface area (Å²) < 4.78 is 21.6. The molecule has 4 rings (SSSR count). The summed E-state index contributed by atoms with van der Waals surface area (Å²) in [7, 11) is 4.64.